The number of aliphatic carboxylic acids is 1. The number of carboxylic acid groups (broad SMARTS) is 1. The summed E-state index contributed by atoms with van der Waals surface area (Å²) in [4.78, 5) is 11.7. The maximum atomic E-state index is 11.7. The van der Waals surface area contributed by atoms with E-state index >= 15 is 0 Å². The zero-order chi connectivity index (χ0) is 12.3. The van der Waals surface area contributed by atoms with Crippen molar-refractivity contribution in [2.75, 3.05) is 0 Å². The van der Waals surface area contributed by atoms with Crippen LogP contribution in [-0.2, 0) is 4.79 Å². The molecule has 0 unspecified atom stereocenters. The molecule has 0 amide bonds. The highest BCUT2D eigenvalue weighted by atomic mass is 32.1. The first-order valence-electron chi connectivity index (χ1n) is 7.11. The molecule has 0 radical (unpaired) electrons. The lowest BCUT2D eigenvalue weighted by atomic mass is 9.69. The smallest absolute Gasteiger partial charge is 0.320 e. The molecule has 3 heteroatoms. The van der Waals surface area contributed by atoms with Crippen LogP contribution in [0.5, 0.6) is 0 Å². The fraction of sp³-hybridized carbons (Fsp3) is 0.929. The molecule has 0 aromatic rings. The molecule has 0 spiro atoms. The van der Waals surface area contributed by atoms with Gasteiger partial charge in [-0.1, -0.05) is 38.5 Å². The number of rotatable bonds is 3. The van der Waals surface area contributed by atoms with E-state index in [-0.39, 0.29) is 0 Å². The molecule has 0 aliphatic heterocycles. The van der Waals surface area contributed by atoms with Crippen molar-refractivity contribution in [3.05, 3.63) is 0 Å². The molecular formula is C14H24O2S. The summed E-state index contributed by atoms with van der Waals surface area (Å²) in [6, 6.07) is 0. The Morgan fingerprint density at radius 2 is 1.24 bits per heavy atom. The van der Waals surface area contributed by atoms with E-state index in [1.165, 1.54) is 38.5 Å². The van der Waals surface area contributed by atoms with Gasteiger partial charge in [0.25, 0.3) is 0 Å². The van der Waals surface area contributed by atoms with E-state index in [4.69, 9.17) is 12.6 Å². The minimum absolute atomic E-state index is 0.292. The Kier molecular flexibility index (Phi) is 4.40. The molecule has 2 saturated carbocycles. The Bertz CT molecular complexity index is 247. The first-order chi connectivity index (χ1) is 8.15. The van der Waals surface area contributed by atoms with Crippen molar-refractivity contribution in [2.45, 2.75) is 69.0 Å². The van der Waals surface area contributed by atoms with Crippen LogP contribution in [0.4, 0.5) is 0 Å². The van der Waals surface area contributed by atoms with Gasteiger partial charge in [-0.25, -0.2) is 0 Å². The Labute approximate surface area is 110 Å². The number of carbonyl (C=O) groups is 1. The van der Waals surface area contributed by atoms with Crippen LogP contribution in [0.3, 0.4) is 0 Å². The van der Waals surface area contributed by atoms with Gasteiger partial charge in [-0.05, 0) is 37.5 Å². The van der Waals surface area contributed by atoms with E-state index in [0.717, 1.165) is 25.7 Å². The molecule has 0 atom stereocenters. The molecule has 0 aromatic carbocycles. The van der Waals surface area contributed by atoms with E-state index in [9.17, 15) is 9.90 Å². The van der Waals surface area contributed by atoms with Crippen LogP contribution in [0.25, 0.3) is 0 Å². The van der Waals surface area contributed by atoms with Crippen molar-refractivity contribution in [2.24, 2.45) is 11.8 Å². The predicted octanol–water partition coefficient (Wildman–Crippen LogP) is 3.90. The van der Waals surface area contributed by atoms with Gasteiger partial charge in [-0.3, -0.25) is 4.79 Å². The summed E-state index contributed by atoms with van der Waals surface area (Å²) in [5.74, 6) is -0.0833. The molecular weight excluding hydrogens is 232 g/mol. The Morgan fingerprint density at radius 1 is 0.882 bits per heavy atom. The van der Waals surface area contributed by atoms with Crippen LogP contribution >= 0.6 is 12.6 Å². The van der Waals surface area contributed by atoms with Gasteiger partial charge < -0.3 is 5.11 Å². The monoisotopic (exact) mass is 256 g/mol. The van der Waals surface area contributed by atoms with E-state index in [1.54, 1.807) is 0 Å². The van der Waals surface area contributed by atoms with Gasteiger partial charge in [0, 0.05) is 0 Å². The average Bonchev–Trinajstić information content (AvgIpc) is 2.39. The largest absolute Gasteiger partial charge is 0.480 e. The van der Waals surface area contributed by atoms with Crippen molar-refractivity contribution in [1.82, 2.24) is 0 Å². The summed E-state index contributed by atoms with van der Waals surface area (Å²) in [7, 11) is 0. The van der Waals surface area contributed by atoms with Gasteiger partial charge in [-0.2, -0.15) is 12.6 Å². The van der Waals surface area contributed by atoms with Crippen LogP contribution in [-0.4, -0.2) is 15.8 Å². The van der Waals surface area contributed by atoms with Gasteiger partial charge in [0.05, 0.1) is 0 Å². The first-order valence-corrected chi connectivity index (χ1v) is 7.56. The number of thiol groups is 1. The lowest BCUT2D eigenvalue weighted by Crippen LogP contribution is -2.48. The molecule has 0 aromatic heterocycles. The fourth-order valence-electron chi connectivity index (χ4n) is 3.77. The normalized spacial score (nSPS) is 24.8. The van der Waals surface area contributed by atoms with Crippen LogP contribution < -0.4 is 0 Å². The van der Waals surface area contributed by atoms with Crippen LogP contribution in [0.1, 0.15) is 64.2 Å². The van der Waals surface area contributed by atoms with Crippen LogP contribution in [0.15, 0.2) is 0 Å². The van der Waals surface area contributed by atoms with Gasteiger partial charge in [0.2, 0.25) is 0 Å². The minimum atomic E-state index is -0.749. The summed E-state index contributed by atoms with van der Waals surface area (Å²) in [6.45, 7) is 0. The molecule has 98 valence electrons. The molecule has 2 rings (SSSR count). The summed E-state index contributed by atoms with van der Waals surface area (Å²) in [5, 5.41) is 9.66. The van der Waals surface area contributed by atoms with Crippen molar-refractivity contribution >= 4 is 18.6 Å². The highest BCUT2D eigenvalue weighted by molar-refractivity contribution is 7.82. The second-order valence-electron chi connectivity index (χ2n) is 5.80. The van der Waals surface area contributed by atoms with Gasteiger partial charge in [0.1, 0.15) is 4.75 Å². The summed E-state index contributed by atoms with van der Waals surface area (Å²) in [6.07, 6.45) is 11.5. The zero-order valence-electron chi connectivity index (χ0n) is 10.5. The first kappa shape index (κ1) is 13.3. The summed E-state index contributed by atoms with van der Waals surface area (Å²) in [5.41, 5.74) is 0. The third-order valence-corrected chi connectivity index (χ3v) is 5.72. The minimum Gasteiger partial charge on any atom is -0.480 e. The standard InChI is InChI=1S/C14H24O2S/c15-13(16)14(17,11-7-3-1-4-8-11)12-9-5-2-6-10-12/h11-12,17H,1-10H2,(H,15,16). The molecule has 2 fully saturated rings. The van der Waals surface area contributed by atoms with E-state index < -0.39 is 10.7 Å². The number of carboxylic acids is 1. The second kappa shape index (κ2) is 5.64. The van der Waals surface area contributed by atoms with Gasteiger partial charge in [0.15, 0.2) is 0 Å². The molecule has 2 aliphatic carbocycles. The molecule has 2 aliphatic rings. The van der Waals surface area contributed by atoms with Gasteiger partial charge >= 0.3 is 5.97 Å². The third-order valence-electron chi connectivity index (χ3n) is 4.80. The van der Waals surface area contributed by atoms with Crippen molar-refractivity contribution < 1.29 is 9.90 Å². The van der Waals surface area contributed by atoms with E-state index in [2.05, 4.69) is 0 Å². The summed E-state index contributed by atoms with van der Waals surface area (Å²) < 4.78 is -0.749. The Hall–Kier alpha value is -0.180. The van der Waals surface area contributed by atoms with Crippen molar-refractivity contribution in [3.8, 4) is 0 Å². The molecule has 2 nitrogen and oxygen atoms in total. The lowest BCUT2D eigenvalue weighted by molar-refractivity contribution is -0.144. The van der Waals surface area contributed by atoms with Crippen molar-refractivity contribution in [1.29, 1.82) is 0 Å². The molecule has 0 bridgehead atoms. The van der Waals surface area contributed by atoms with Crippen LogP contribution in [0.2, 0.25) is 0 Å². The highest BCUT2D eigenvalue weighted by Crippen LogP contribution is 2.46. The Balaban J connectivity index is 2.14. The lowest BCUT2D eigenvalue weighted by Gasteiger charge is -2.42. The average molecular weight is 256 g/mol. The topological polar surface area (TPSA) is 37.3 Å². The molecule has 0 saturated heterocycles. The van der Waals surface area contributed by atoms with Crippen molar-refractivity contribution in [3.63, 3.8) is 0 Å². The molecule has 17 heavy (non-hydrogen) atoms. The maximum absolute atomic E-state index is 11.7. The second-order valence-corrected chi connectivity index (χ2v) is 6.54. The SMILES string of the molecule is O=C(O)C(S)(C1CCCCC1)C1CCCCC1. The quantitative estimate of drug-likeness (QED) is 0.751. The summed E-state index contributed by atoms with van der Waals surface area (Å²) >= 11 is 4.70. The Morgan fingerprint density at radius 3 is 1.53 bits per heavy atom. The fourth-order valence-corrected chi connectivity index (χ4v) is 4.28. The number of hydrogen-bond donors (Lipinski definition) is 2. The zero-order valence-corrected chi connectivity index (χ0v) is 11.4. The van der Waals surface area contributed by atoms with E-state index in [0.29, 0.717) is 11.8 Å². The molecule has 0 heterocycles. The van der Waals surface area contributed by atoms with Gasteiger partial charge in [-0.15, -0.1) is 0 Å². The molecule has 1 N–H and O–H groups in total. The maximum Gasteiger partial charge on any atom is 0.320 e. The highest BCUT2D eigenvalue weighted by Gasteiger charge is 2.48. The van der Waals surface area contributed by atoms with E-state index in [1.807, 2.05) is 0 Å². The third kappa shape index (κ3) is 2.64. The van der Waals surface area contributed by atoms with Crippen LogP contribution in [0, 0.1) is 11.8 Å². The predicted molar refractivity (Wildman–Crippen MR) is 72.5 cm³/mol. The number of hydrogen-bond acceptors (Lipinski definition) is 2.